The first-order valence-corrected chi connectivity index (χ1v) is 9.34. The van der Waals surface area contributed by atoms with Gasteiger partial charge >= 0.3 is 5.97 Å². The first kappa shape index (κ1) is 23.4. The molecule has 0 saturated heterocycles. The average molecular weight is 390 g/mol. The van der Waals surface area contributed by atoms with Gasteiger partial charge in [0, 0.05) is 32.9 Å². The maximum absolute atomic E-state index is 12.7. The van der Waals surface area contributed by atoms with E-state index in [0.29, 0.717) is 23.5 Å². The summed E-state index contributed by atoms with van der Waals surface area (Å²) in [4.78, 5) is 39.0. The minimum Gasteiger partial charge on any atom is -0.478 e. The van der Waals surface area contributed by atoms with E-state index >= 15 is 0 Å². The number of carbonyl (C=O) groups excluding carboxylic acids is 2. The predicted octanol–water partition coefficient (Wildman–Crippen LogP) is 3.18. The van der Waals surface area contributed by atoms with Crippen molar-refractivity contribution in [2.45, 2.75) is 34.6 Å². The third kappa shape index (κ3) is 5.19. The maximum Gasteiger partial charge on any atom is 0.328 e. The standard InChI is InChI=1S/C17H20N2O4.C4H10O/c1-5-19-12-8-6-11(7-9-14(20)21)10-13(12)18(4)15(22)17(2,3)16(19)23;1-3-5-4-2/h6-10H,5H2,1-4H3,(H,20,21);3-4H2,1-2H3. The Labute approximate surface area is 166 Å². The number of fused-ring (bicyclic) bond motifs is 1. The van der Waals surface area contributed by atoms with Gasteiger partial charge in [-0.25, -0.2) is 4.79 Å². The van der Waals surface area contributed by atoms with Crippen LogP contribution < -0.4 is 9.80 Å². The molecule has 0 saturated carbocycles. The molecule has 0 unspecified atom stereocenters. The molecular formula is C21H30N2O5. The van der Waals surface area contributed by atoms with E-state index in [1.54, 1.807) is 44.0 Å². The van der Waals surface area contributed by atoms with Crippen LogP contribution in [0.3, 0.4) is 0 Å². The molecule has 2 amide bonds. The highest BCUT2D eigenvalue weighted by molar-refractivity contribution is 6.20. The fourth-order valence-electron chi connectivity index (χ4n) is 2.89. The lowest BCUT2D eigenvalue weighted by molar-refractivity contribution is -0.137. The van der Waals surface area contributed by atoms with Crippen LogP contribution in [0.4, 0.5) is 11.4 Å². The molecule has 0 atom stereocenters. The van der Waals surface area contributed by atoms with E-state index in [4.69, 9.17) is 9.84 Å². The lowest BCUT2D eigenvalue weighted by atomic mass is 9.90. The van der Waals surface area contributed by atoms with Crippen LogP contribution in [-0.2, 0) is 19.1 Å². The van der Waals surface area contributed by atoms with Crippen molar-refractivity contribution in [3.05, 3.63) is 29.8 Å². The number of anilines is 2. The van der Waals surface area contributed by atoms with Crippen LogP contribution in [0.15, 0.2) is 24.3 Å². The SMILES string of the molecule is CCN1C(=O)C(C)(C)C(=O)N(C)c2cc(C=CC(=O)O)ccc21.CCOCC. The predicted molar refractivity (Wildman–Crippen MR) is 110 cm³/mol. The van der Waals surface area contributed by atoms with Crippen molar-refractivity contribution in [1.82, 2.24) is 0 Å². The van der Waals surface area contributed by atoms with E-state index in [2.05, 4.69) is 0 Å². The zero-order valence-corrected chi connectivity index (χ0v) is 17.5. The van der Waals surface area contributed by atoms with Crippen LogP contribution in [0.1, 0.15) is 40.2 Å². The first-order chi connectivity index (χ1) is 13.1. The van der Waals surface area contributed by atoms with Crippen LogP contribution in [0.25, 0.3) is 6.08 Å². The summed E-state index contributed by atoms with van der Waals surface area (Å²) in [6.07, 6.45) is 2.49. The molecule has 0 aromatic heterocycles. The van der Waals surface area contributed by atoms with Gasteiger partial charge in [0.2, 0.25) is 11.8 Å². The highest BCUT2D eigenvalue weighted by Gasteiger charge is 2.45. The molecule has 1 aliphatic rings. The molecule has 7 nitrogen and oxygen atoms in total. The fourth-order valence-corrected chi connectivity index (χ4v) is 2.89. The molecule has 0 fully saturated rings. The zero-order valence-electron chi connectivity index (χ0n) is 17.5. The summed E-state index contributed by atoms with van der Waals surface area (Å²) in [5.41, 5.74) is 0.727. The average Bonchev–Trinajstić information content (AvgIpc) is 2.71. The highest BCUT2D eigenvalue weighted by Crippen LogP contribution is 2.38. The van der Waals surface area contributed by atoms with Gasteiger partial charge in [-0.2, -0.15) is 0 Å². The van der Waals surface area contributed by atoms with Crippen LogP contribution in [0.2, 0.25) is 0 Å². The van der Waals surface area contributed by atoms with Crippen LogP contribution >= 0.6 is 0 Å². The Kier molecular flexibility index (Phi) is 8.37. The summed E-state index contributed by atoms with van der Waals surface area (Å²) < 4.78 is 4.83. The third-order valence-corrected chi connectivity index (χ3v) is 4.41. The van der Waals surface area contributed by atoms with Gasteiger partial charge in [-0.15, -0.1) is 0 Å². The summed E-state index contributed by atoms with van der Waals surface area (Å²) in [6, 6.07) is 5.18. The van der Waals surface area contributed by atoms with Gasteiger partial charge in [0.1, 0.15) is 5.41 Å². The minimum absolute atomic E-state index is 0.246. The molecule has 2 rings (SSSR count). The number of hydrogen-bond donors (Lipinski definition) is 1. The number of amides is 2. The van der Waals surface area contributed by atoms with Gasteiger partial charge in [-0.1, -0.05) is 6.07 Å². The minimum atomic E-state index is -1.15. The Morgan fingerprint density at radius 2 is 1.71 bits per heavy atom. The zero-order chi connectivity index (χ0) is 21.5. The molecule has 0 bridgehead atoms. The number of nitrogens with zero attached hydrogens (tertiary/aromatic N) is 2. The Balaban J connectivity index is 0.000000696. The summed E-state index contributed by atoms with van der Waals surface area (Å²) in [6.45, 7) is 11.2. The largest absolute Gasteiger partial charge is 0.478 e. The van der Waals surface area contributed by atoms with Gasteiger partial charge in [-0.05, 0) is 58.4 Å². The van der Waals surface area contributed by atoms with Crippen molar-refractivity contribution in [2.75, 3.05) is 36.6 Å². The number of benzene rings is 1. The summed E-state index contributed by atoms with van der Waals surface area (Å²) >= 11 is 0. The molecule has 0 spiro atoms. The number of carbonyl (C=O) groups is 3. The first-order valence-electron chi connectivity index (χ1n) is 9.34. The molecule has 0 radical (unpaired) electrons. The quantitative estimate of drug-likeness (QED) is 0.616. The monoisotopic (exact) mass is 390 g/mol. The van der Waals surface area contributed by atoms with Gasteiger partial charge in [-0.3, -0.25) is 9.59 Å². The number of carboxylic acid groups (broad SMARTS) is 1. The molecular weight excluding hydrogens is 360 g/mol. The number of ether oxygens (including phenoxy) is 1. The third-order valence-electron chi connectivity index (χ3n) is 4.41. The number of hydrogen-bond acceptors (Lipinski definition) is 4. The van der Waals surface area contributed by atoms with Crippen LogP contribution in [0.5, 0.6) is 0 Å². The van der Waals surface area contributed by atoms with Crippen LogP contribution in [0, 0.1) is 5.41 Å². The molecule has 1 N–H and O–H groups in total. The fraction of sp³-hybridized carbons (Fsp3) is 0.476. The molecule has 1 aromatic rings. The van der Waals surface area contributed by atoms with Gasteiger partial charge < -0.3 is 19.6 Å². The van der Waals surface area contributed by atoms with Crippen molar-refractivity contribution in [3.8, 4) is 0 Å². The van der Waals surface area contributed by atoms with E-state index in [1.165, 1.54) is 11.0 Å². The number of rotatable bonds is 5. The molecule has 1 aromatic carbocycles. The number of carboxylic acids is 1. The van der Waals surface area contributed by atoms with Gasteiger partial charge in [0.05, 0.1) is 11.4 Å². The van der Waals surface area contributed by atoms with Crippen molar-refractivity contribution < 1.29 is 24.2 Å². The molecule has 0 aliphatic carbocycles. The second kappa shape index (κ2) is 10.0. The van der Waals surface area contributed by atoms with Gasteiger partial charge in [0.25, 0.3) is 0 Å². The van der Waals surface area contributed by atoms with E-state index < -0.39 is 11.4 Å². The van der Waals surface area contributed by atoms with Gasteiger partial charge in [0.15, 0.2) is 0 Å². The highest BCUT2D eigenvalue weighted by atomic mass is 16.5. The van der Waals surface area contributed by atoms with E-state index in [1.807, 2.05) is 20.8 Å². The van der Waals surface area contributed by atoms with E-state index in [0.717, 1.165) is 19.3 Å². The second-order valence-electron chi connectivity index (χ2n) is 6.74. The van der Waals surface area contributed by atoms with Crippen molar-refractivity contribution in [2.24, 2.45) is 5.41 Å². The Morgan fingerprint density at radius 3 is 2.18 bits per heavy atom. The summed E-state index contributed by atoms with van der Waals surface area (Å²) in [5.74, 6) is -1.58. The van der Waals surface area contributed by atoms with Crippen LogP contribution in [-0.4, -0.2) is 49.7 Å². The molecule has 1 heterocycles. The summed E-state index contributed by atoms with van der Waals surface area (Å²) in [7, 11) is 1.63. The number of aliphatic carboxylic acids is 1. The second-order valence-corrected chi connectivity index (χ2v) is 6.74. The van der Waals surface area contributed by atoms with Crippen molar-refractivity contribution in [3.63, 3.8) is 0 Å². The molecule has 28 heavy (non-hydrogen) atoms. The lowest BCUT2D eigenvalue weighted by Crippen LogP contribution is -2.47. The molecule has 154 valence electrons. The summed E-state index contributed by atoms with van der Waals surface area (Å²) in [5, 5.41) is 8.73. The van der Waals surface area contributed by atoms with Crippen molar-refractivity contribution in [1.29, 1.82) is 0 Å². The topological polar surface area (TPSA) is 87.2 Å². The Bertz CT molecular complexity index is 753. The van der Waals surface area contributed by atoms with Crippen molar-refractivity contribution >= 4 is 35.2 Å². The normalized spacial score (nSPS) is 15.8. The molecule has 7 heteroatoms. The molecule has 1 aliphatic heterocycles. The Hall–Kier alpha value is -2.67. The van der Waals surface area contributed by atoms with E-state index in [-0.39, 0.29) is 11.8 Å². The van der Waals surface area contributed by atoms with E-state index in [9.17, 15) is 14.4 Å². The maximum atomic E-state index is 12.7. The smallest absolute Gasteiger partial charge is 0.328 e. The Morgan fingerprint density at radius 1 is 1.11 bits per heavy atom. The lowest BCUT2D eigenvalue weighted by Gasteiger charge is -2.27.